The van der Waals surface area contributed by atoms with Crippen LogP contribution in [-0.4, -0.2) is 23.6 Å². The summed E-state index contributed by atoms with van der Waals surface area (Å²) in [5.41, 5.74) is 1.10. The van der Waals surface area contributed by atoms with Gasteiger partial charge in [-0.05, 0) is 19.1 Å². The van der Waals surface area contributed by atoms with Crippen molar-refractivity contribution in [2.75, 3.05) is 24.2 Å². The molecule has 0 fully saturated rings. The molecular formula is C12H16N4S. The van der Waals surface area contributed by atoms with Crippen LogP contribution in [-0.2, 0) is 6.42 Å². The van der Waals surface area contributed by atoms with Crippen LogP contribution in [0.5, 0.6) is 0 Å². The number of aryl methyl sites for hydroxylation is 1. The van der Waals surface area contributed by atoms with Crippen LogP contribution < -0.4 is 10.6 Å². The van der Waals surface area contributed by atoms with Crippen molar-refractivity contribution in [3.05, 3.63) is 34.3 Å². The van der Waals surface area contributed by atoms with Crippen molar-refractivity contribution >= 4 is 23.0 Å². The molecule has 0 amide bonds. The highest BCUT2D eigenvalue weighted by atomic mass is 32.1. The second-order valence-electron chi connectivity index (χ2n) is 3.72. The summed E-state index contributed by atoms with van der Waals surface area (Å²) in [5, 5.41) is 9.56. The summed E-state index contributed by atoms with van der Waals surface area (Å²) in [6.45, 7) is 2.87. The van der Waals surface area contributed by atoms with Crippen LogP contribution in [0, 0.1) is 6.92 Å². The van der Waals surface area contributed by atoms with Gasteiger partial charge in [0.15, 0.2) is 0 Å². The number of aromatic nitrogens is 2. The number of anilines is 2. The number of hydrogen-bond donors (Lipinski definition) is 2. The molecule has 0 aliphatic rings. The number of thiazole rings is 1. The monoisotopic (exact) mass is 248 g/mol. The molecule has 0 aromatic carbocycles. The van der Waals surface area contributed by atoms with Crippen molar-refractivity contribution in [3.8, 4) is 0 Å². The third-order valence-electron chi connectivity index (χ3n) is 2.32. The van der Waals surface area contributed by atoms with Crippen LogP contribution in [0.1, 0.15) is 10.7 Å². The van der Waals surface area contributed by atoms with Crippen molar-refractivity contribution in [2.24, 2.45) is 0 Å². The summed E-state index contributed by atoms with van der Waals surface area (Å²) in [5.74, 6) is 1.77. The van der Waals surface area contributed by atoms with E-state index in [-0.39, 0.29) is 0 Å². The van der Waals surface area contributed by atoms with Crippen LogP contribution >= 0.6 is 11.3 Å². The van der Waals surface area contributed by atoms with Gasteiger partial charge in [-0.15, -0.1) is 11.3 Å². The Labute approximate surface area is 105 Å². The molecule has 0 radical (unpaired) electrons. The molecule has 2 N–H and O–H groups in total. The number of pyridine rings is 1. The van der Waals surface area contributed by atoms with Crippen LogP contribution in [0.15, 0.2) is 23.6 Å². The average molecular weight is 248 g/mol. The fraction of sp³-hybridized carbons (Fsp3) is 0.333. The van der Waals surface area contributed by atoms with E-state index in [2.05, 4.69) is 26.0 Å². The number of nitrogens with zero attached hydrogens (tertiary/aromatic N) is 2. The minimum atomic E-state index is 0.854. The molecule has 0 saturated heterocycles. The molecule has 2 aromatic rings. The minimum Gasteiger partial charge on any atom is -0.373 e. The fourth-order valence-electron chi connectivity index (χ4n) is 1.49. The Hall–Kier alpha value is -1.62. The Morgan fingerprint density at radius 2 is 2.06 bits per heavy atom. The van der Waals surface area contributed by atoms with Crippen molar-refractivity contribution in [3.63, 3.8) is 0 Å². The molecule has 90 valence electrons. The van der Waals surface area contributed by atoms with E-state index in [1.165, 1.54) is 5.01 Å². The van der Waals surface area contributed by atoms with E-state index in [9.17, 15) is 0 Å². The quantitative estimate of drug-likeness (QED) is 0.853. The van der Waals surface area contributed by atoms with Gasteiger partial charge in [0.05, 0.1) is 5.01 Å². The standard InChI is InChI=1S/C12H16N4S/c1-9-8-17-12(15-9)6-7-14-11-5-3-4-10(13-2)16-11/h3-5,8H,6-7H2,1-2H3,(H2,13,14,16). The molecule has 0 atom stereocenters. The topological polar surface area (TPSA) is 49.8 Å². The summed E-state index contributed by atoms with van der Waals surface area (Å²) >= 11 is 1.71. The maximum absolute atomic E-state index is 4.42. The van der Waals surface area contributed by atoms with Gasteiger partial charge in [0.2, 0.25) is 0 Å². The molecule has 0 spiro atoms. The largest absolute Gasteiger partial charge is 0.373 e. The van der Waals surface area contributed by atoms with Gasteiger partial charge in [0.25, 0.3) is 0 Å². The molecule has 2 aromatic heterocycles. The molecule has 17 heavy (non-hydrogen) atoms. The summed E-state index contributed by atoms with van der Waals surface area (Å²) in [7, 11) is 1.87. The maximum atomic E-state index is 4.42. The third-order valence-corrected chi connectivity index (χ3v) is 3.34. The van der Waals surface area contributed by atoms with Crippen molar-refractivity contribution in [1.82, 2.24) is 9.97 Å². The predicted molar refractivity (Wildman–Crippen MR) is 72.8 cm³/mol. The molecular weight excluding hydrogens is 232 g/mol. The first-order valence-corrected chi connectivity index (χ1v) is 6.45. The van der Waals surface area contributed by atoms with Gasteiger partial charge in [-0.1, -0.05) is 6.07 Å². The van der Waals surface area contributed by atoms with E-state index in [1.54, 1.807) is 11.3 Å². The van der Waals surface area contributed by atoms with Crippen LogP contribution in [0.2, 0.25) is 0 Å². The zero-order valence-corrected chi connectivity index (χ0v) is 10.8. The molecule has 0 unspecified atom stereocenters. The summed E-state index contributed by atoms with van der Waals surface area (Å²) in [6.07, 6.45) is 0.934. The van der Waals surface area contributed by atoms with Gasteiger partial charge in [0.1, 0.15) is 11.6 Å². The molecule has 0 saturated carbocycles. The van der Waals surface area contributed by atoms with Gasteiger partial charge in [-0.2, -0.15) is 0 Å². The normalized spacial score (nSPS) is 10.2. The Balaban J connectivity index is 1.85. The lowest BCUT2D eigenvalue weighted by Crippen LogP contribution is -2.06. The zero-order chi connectivity index (χ0) is 12.1. The Morgan fingerprint density at radius 3 is 2.76 bits per heavy atom. The van der Waals surface area contributed by atoms with Crippen molar-refractivity contribution in [2.45, 2.75) is 13.3 Å². The second kappa shape index (κ2) is 5.63. The highest BCUT2D eigenvalue weighted by molar-refractivity contribution is 7.09. The Kier molecular flexibility index (Phi) is 3.93. The summed E-state index contributed by atoms with van der Waals surface area (Å²) in [4.78, 5) is 8.81. The first-order valence-electron chi connectivity index (χ1n) is 5.57. The van der Waals surface area contributed by atoms with Crippen LogP contribution in [0.25, 0.3) is 0 Å². The number of nitrogens with one attached hydrogen (secondary N) is 2. The van der Waals surface area contributed by atoms with Gasteiger partial charge in [-0.3, -0.25) is 0 Å². The van der Waals surface area contributed by atoms with Crippen molar-refractivity contribution in [1.29, 1.82) is 0 Å². The fourth-order valence-corrected chi connectivity index (χ4v) is 2.26. The molecule has 0 aliphatic carbocycles. The minimum absolute atomic E-state index is 0.854. The zero-order valence-electron chi connectivity index (χ0n) is 10.0. The maximum Gasteiger partial charge on any atom is 0.128 e. The van der Waals surface area contributed by atoms with Gasteiger partial charge >= 0.3 is 0 Å². The molecule has 2 rings (SSSR count). The molecule has 0 bridgehead atoms. The van der Waals surface area contributed by atoms with Crippen molar-refractivity contribution < 1.29 is 0 Å². The van der Waals surface area contributed by atoms with Crippen LogP contribution in [0.4, 0.5) is 11.6 Å². The summed E-state index contributed by atoms with van der Waals surface area (Å²) in [6, 6.07) is 5.89. The lowest BCUT2D eigenvalue weighted by molar-refractivity contribution is 0.978. The predicted octanol–water partition coefficient (Wildman–Crippen LogP) is 2.54. The van der Waals surface area contributed by atoms with E-state index in [4.69, 9.17) is 0 Å². The Bertz CT molecular complexity index is 481. The highest BCUT2D eigenvalue weighted by Gasteiger charge is 1.99. The summed E-state index contributed by atoms with van der Waals surface area (Å²) < 4.78 is 0. The third kappa shape index (κ3) is 3.42. The first kappa shape index (κ1) is 11.9. The van der Waals surface area contributed by atoms with Gasteiger partial charge in [-0.25, -0.2) is 9.97 Å². The van der Waals surface area contributed by atoms with E-state index < -0.39 is 0 Å². The number of rotatable bonds is 5. The van der Waals surface area contributed by atoms with Crippen LogP contribution in [0.3, 0.4) is 0 Å². The SMILES string of the molecule is CNc1cccc(NCCc2nc(C)cs2)n1. The van der Waals surface area contributed by atoms with Gasteiger partial charge < -0.3 is 10.6 Å². The van der Waals surface area contributed by atoms with E-state index >= 15 is 0 Å². The van der Waals surface area contributed by atoms with E-state index in [0.29, 0.717) is 0 Å². The van der Waals surface area contributed by atoms with E-state index in [0.717, 1.165) is 30.3 Å². The highest BCUT2D eigenvalue weighted by Crippen LogP contribution is 2.11. The Morgan fingerprint density at radius 1 is 1.24 bits per heavy atom. The smallest absolute Gasteiger partial charge is 0.128 e. The molecule has 0 aliphatic heterocycles. The average Bonchev–Trinajstić information content (AvgIpc) is 2.75. The second-order valence-corrected chi connectivity index (χ2v) is 4.66. The van der Waals surface area contributed by atoms with Gasteiger partial charge in [0, 0.05) is 31.1 Å². The molecule has 4 nitrogen and oxygen atoms in total. The van der Waals surface area contributed by atoms with E-state index in [1.807, 2.05) is 32.2 Å². The lowest BCUT2D eigenvalue weighted by atomic mass is 10.4. The first-order chi connectivity index (χ1) is 8.28. The molecule has 2 heterocycles. The molecule has 5 heteroatoms. The number of hydrogen-bond acceptors (Lipinski definition) is 5. The lowest BCUT2D eigenvalue weighted by Gasteiger charge is -2.05.